The van der Waals surface area contributed by atoms with Crippen molar-refractivity contribution < 1.29 is 17.9 Å². The maximum absolute atomic E-state index is 12.2. The van der Waals surface area contributed by atoms with Crippen molar-refractivity contribution in [3.63, 3.8) is 0 Å². The Morgan fingerprint density at radius 2 is 2.00 bits per heavy atom. The summed E-state index contributed by atoms with van der Waals surface area (Å²) in [6, 6.07) is 4.34. The molecule has 0 heterocycles. The second-order valence-electron chi connectivity index (χ2n) is 5.10. The van der Waals surface area contributed by atoms with Crippen LogP contribution in [0.1, 0.15) is 13.3 Å². The largest absolute Gasteiger partial charge is 0.495 e. The Kier molecular flexibility index (Phi) is 6.79. The van der Waals surface area contributed by atoms with Crippen LogP contribution in [0.4, 0.5) is 5.69 Å². The molecule has 0 spiro atoms. The molecule has 0 saturated carbocycles. The molecule has 22 heavy (non-hydrogen) atoms. The molecule has 2 N–H and O–H groups in total. The number of sulfonamides is 1. The minimum atomic E-state index is -3.62. The van der Waals surface area contributed by atoms with Gasteiger partial charge in [-0.05, 0) is 45.3 Å². The third-order valence-corrected chi connectivity index (χ3v) is 4.32. The zero-order valence-corrected chi connectivity index (χ0v) is 14.2. The van der Waals surface area contributed by atoms with Crippen molar-refractivity contribution in [2.45, 2.75) is 18.2 Å². The van der Waals surface area contributed by atoms with Gasteiger partial charge in [-0.1, -0.05) is 0 Å². The summed E-state index contributed by atoms with van der Waals surface area (Å²) in [5.41, 5.74) is 0.325. The van der Waals surface area contributed by atoms with Crippen molar-refractivity contribution in [2.24, 2.45) is 0 Å². The minimum absolute atomic E-state index is 0.0851. The van der Waals surface area contributed by atoms with Gasteiger partial charge >= 0.3 is 0 Å². The smallest absolute Gasteiger partial charge is 0.240 e. The first kappa shape index (κ1) is 18.4. The number of nitrogens with one attached hydrogen (secondary N) is 2. The Balaban J connectivity index is 2.87. The van der Waals surface area contributed by atoms with Crippen LogP contribution in [0.2, 0.25) is 0 Å². The van der Waals surface area contributed by atoms with Crippen molar-refractivity contribution in [3.05, 3.63) is 18.2 Å². The van der Waals surface area contributed by atoms with Crippen molar-refractivity contribution >= 4 is 21.6 Å². The number of nitrogens with zero attached hydrogens (tertiary/aromatic N) is 1. The summed E-state index contributed by atoms with van der Waals surface area (Å²) in [6.07, 6.45) is 0.709. The Labute approximate surface area is 131 Å². The van der Waals surface area contributed by atoms with Crippen molar-refractivity contribution in [2.75, 3.05) is 39.6 Å². The number of benzene rings is 1. The van der Waals surface area contributed by atoms with Crippen LogP contribution in [0.3, 0.4) is 0 Å². The van der Waals surface area contributed by atoms with Gasteiger partial charge in [-0.2, -0.15) is 0 Å². The summed E-state index contributed by atoms with van der Waals surface area (Å²) in [6.45, 7) is 2.49. The first-order valence-corrected chi connectivity index (χ1v) is 8.34. The van der Waals surface area contributed by atoms with Crippen LogP contribution in [0, 0.1) is 0 Å². The average molecular weight is 329 g/mol. The molecule has 0 radical (unpaired) electrons. The third kappa shape index (κ3) is 5.63. The van der Waals surface area contributed by atoms with Gasteiger partial charge in [0.25, 0.3) is 0 Å². The van der Waals surface area contributed by atoms with Gasteiger partial charge in [0.15, 0.2) is 0 Å². The Bertz CT molecular complexity index is 615. The first-order valence-electron chi connectivity index (χ1n) is 6.86. The van der Waals surface area contributed by atoms with E-state index in [2.05, 4.69) is 10.0 Å². The maximum Gasteiger partial charge on any atom is 0.240 e. The molecular formula is C14H23N3O4S. The van der Waals surface area contributed by atoms with Crippen molar-refractivity contribution in [3.8, 4) is 5.75 Å². The van der Waals surface area contributed by atoms with Gasteiger partial charge in [-0.25, -0.2) is 13.1 Å². The molecule has 0 aliphatic rings. The molecule has 0 aliphatic heterocycles. The van der Waals surface area contributed by atoms with Crippen molar-refractivity contribution in [1.82, 2.24) is 9.62 Å². The number of amides is 1. The summed E-state index contributed by atoms with van der Waals surface area (Å²) in [4.78, 5) is 13.2. The zero-order chi connectivity index (χ0) is 16.8. The molecule has 8 heteroatoms. The fraction of sp³-hybridized carbons (Fsp3) is 0.500. The minimum Gasteiger partial charge on any atom is -0.495 e. The Morgan fingerprint density at radius 3 is 2.55 bits per heavy atom. The van der Waals surface area contributed by atoms with Gasteiger partial charge in [0, 0.05) is 13.5 Å². The van der Waals surface area contributed by atoms with Crippen LogP contribution in [-0.4, -0.2) is 53.5 Å². The zero-order valence-electron chi connectivity index (χ0n) is 13.3. The normalized spacial score (nSPS) is 11.5. The highest BCUT2D eigenvalue weighted by Crippen LogP contribution is 2.27. The lowest BCUT2D eigenvalue weighted by Gasteiger charge is -2.13. The van der Waals surface area contributed by atoms with E-state index < -0.39 is 10.0 Å². The fourth-order valence-electron chi connectivity index (χ4n) is 1.83. The molecule has 1 amide bonds. The van der Waals surface area contributed by atoms with E-state index in [0.29, 0.717) is 24.4 Å². The van der Waals surface area contributed by atoms with Gasteiger partial charge in [-0.15, -0.1) is 0 Å². The molecule has 0 unspecified atom stereocenters. The third-order valence-electron chi connectivity index (χ3n) is 2.87. The lowest BCUT2D eigenvalue weighted by Crippen LogP contribution is -2.27. The summed E-state index contributed by atoms with van der Waals surface area (Å²) < 4.78 is 32.1. The summed E-state index contributed by atoms with van der Waals surface area (Å²) >= 11 is 0. The standard InChI is InChI=1S/C14H23N3O4S/c1-11(18)16-13-10-12(6-7-14(13)21-4)22(19,20)15-8-5-9-17(2)3/h6-7,10,15H,5,8-9H2,1-4H3,(H,16,18). The monoisotopic (exact) mass is 329 g/mol. The molecule has 1 aromatic rings. The Hall–Kier alpha value is -1.64. The number of anilines is 1. The average Bonchev–Trinajstić information content (AvgIpc) is 2.42. The van der Waals surface area contributed by atoms with Gasteiger partial charge < -0.3 is 15.0 Å². The van der Waals surface area contributed by atoms with Crippen LogP contribution in [0.5, 0.6) is 5.75 Å². The van der Waals surface area contributed by atoms with Crippen LogP contribution in [0.15, 0.2) is 23.1 Å². The predicted octanol–water partition coefficient (Wildman–Crippen LogP) is 0.884. The maximum atomic E-state index is 12.2. The van der Waals surface area contributed by atoms with Crippen molar-refractivity contribution in [1.29, 1.82) is 0 Å². The second-order valence-corrected chi connectivity index (χ2v) is 6.86. The molecule has 0 saturated heterocycles. The van der Waals surface area contributed by atoms with Gasteiger partial charge in [0.1, 0.15) is 5.75 Å². The van der Waals surface area contributed by atoms with Gasteiger partial charge in [0.05, 0.1) is 17.7 Å². The van der Waals surface area contributed by atoms with E-state index in [4.69, 9.17) is 4.74 Å². The van der Waals surface area contributed by atoms with E-state index in [-0.39, 0.29) is 10.8 Å². The van der Waals surface area contributed by atoms with E-state index >= 15 is 0 Å². The topological polar surface area (TPSA) is 87.7 Å². The molecule has 7 nitrogen and oxygen atoms in total. The van der Waals surface area contributed by atoms with E-state index in [1.54, 1.807) is 0 Å². The number of methoxy groups -OCH3 is 1. The van der Waals surface area contributed by atoms with Crippen LogP contribution in [0.25, 0.3) is 0 Å². The summed E-state index contributed by atoms with van der Waals surface area (Å²) in [7, 11) is 1.69. The molecule has 0 atom stereocenters. The van der Waals surface area contributed by atoms with E-state index in [0.717, 1.165) is 6.54 Å². The molecule has 1 aromatic carbocycles. The highest BCUT2D eigenvalue weighted by atomic mass is 32.2. The van der Waals surface area contributed by atoms with Gasteiger partial charge in [-0.3, -0.25) is 4.79 Å². The molecule has 1 rings (SSSR count). The lowest BCUT2D eigenvalue weighted by atomic mass is 10.3. The number of carbonyl (C=O) groups excluding carboxylic acids is 1. The predicted molar refractivity (Wildman–Crippen MR) is 85.7 cm³/mol. The fourth-order valence-corrected chi connectivity index (χ4v) is 2.93. The van der Waals surface area contributed by atoms with E-state index in [1.165, 1.54) is 32.2 Å². The SMILES string of the molecule is COc1ccc(S(=O)(=O)NCCCN(C)C)cc1NC(C)=O. The highest BCUT2D eigenvalue weighted by molar-refractivity contribution is 7.89. The number of carbonyl (C=O) groups is 1. The number of hydrogen-bond acceptors (Lipinski definition) is 5. The lowest BCUT2D eigenvalue weighted by molar-refractivity contribution is -0.114. The summed E-state index contributed by atoms with van der Waals surface area (Å²) in [5, 5.41) is 2.56. The summed E-state index contributed by atoms with van der Waals surface area (Å²) in [5.74, 6) is 0.105. The molecule has 0 aromatic heterocycles. The van der Waals surface area contributed by atoms with Crippen LogP contribution in [-0.2, 0) is 14.8 Å². The second kappa shape index (κ2) is 8.11. The molecule has 0 aliphatic carbocycles. The number of ether oxygens (including phenoxy) is 1. The quantitative estimate of drug-likeness (QED) is 0.692. The number of rotatable bonds is 8. The van der Waals surface area contributed by atoms with E-state index in [9.17, 15) is 13.2 Å². The highest BCUT2D eigenvalue weighted by Gasteiger charge is 2.16. The van der Waals surface area contributed by atoms with Gasteiger partial charge in [0.2, 0.25) is 15.9 Å². The number of hydrogen-bond donors (Lipinski definition) is 2. The molecule has 0 fully saturated rings. The van der Waals surface area contributed by atoms with Crippen LogP contribution < -0.4 is 14.8 Å². The Morgan fingerprint density at radius 1 is 1.32 bits per heavy atom. The van der Waals surface area contributed by atoms with Crippen LogP contribution >= 0.6 is 0 Å². The molecule has 124 valence electrons. The molecular weight excluding hydrogens is 306 g/mol. The van der Waals surface area contributed by atoms with E-state index in [1.807, 2.05) is 19.0 Å². The first-order chi connectivity index (χ1) is 10.3. The molecule has 0 bridgehead atoms.